The van der Waals surface area contributed by atoms with Gasteiger partial charge in [-0.15, -0.1) is 0 Å². The Kier molecular flexibility index (Phi) is 5.59. The monoisotopic (exact) mass is 450 g/mol. The van der Waals surface area contributed by atoms with Crippen molar-refractivity contribution < 1.29 is 24.5 Å². The summed E-state index contributed by atoms with van der Waals surface area (Å²) in [5, 5.41) is 21.8. The molecular weight excluding hydrogens is 432 g/mol. The Labute approximate surface area is 189 Å². The number of carbonyl (C=O) groups excluding carboxylic acids is 2. The Morgan fingerprint density at radius 3 is 2.62 bits per heavy atom. The van der Waals surface area contributed by atoms with Crippen molar-refractivity contribution in [2.45, 2.75) is 13.0 Å². The molecule has 0 radical (unpaired) electrons. The summed E-state index contributed by atoms with van der Waals surface area (Å²) in [6, 6.07) is 11.7. The number of aromatic hydroxyl groups is 1. The second-order valence-electron chi connectivity index (χ2n) is 7.29. The van der Waals surface area contributed by atoms with E-state index in [2.05, 4.69) is 4.98 Å². The molecule has 162 valence electrons. The summed E-state index contributed by atoms with van der Waals surface area (Å²) in [5.74, 6) is -2.00. The molecule has 1 amide bonds. The lowest BCUT2D eigenvalue weighted by molar-refractivity contribution is -0.132. The van der Waals surface area contributed by atoms with Crippen LogP contribution in [0.2, 0.25) is 5.02 Å². The molecule has 1 aliphatic heterocycles. The van der Waals surface area contributed by atoms with Gasteiger partial charge in [-0.1, -0.05) is 23.7 Å². The number of amides is 1. The van der Waals surface area contributed by atoms with Gasteiger partial charge in [0.2, 0.25) is 0 Å². The Morgan fingerprint density at radius 2 is 1.94 bits per heavy atom. The number of nitrogens with zero attached hydrogens (tertiary/aromatic N) is 2. The van der Waals surface area contributed by atoms with E-state index >= 15 is 0 Å². The van der Waals surface area contributed by atoms with Gasteiger partial charge in [-0.25, -0.2) is 0 Å². The molecule has 0 bridgehead atoms. The molecule has 1 aliphatic rings. The quantitative estimate of drug-likeness (QED) is 0.347. The molecule has 2 N–H and O–H groups in total. The van der Waals surface area contributed by atoms with E-state index in [1.54, 1.807) is 43.5 Å². The summed E-state index contributed by atoms with van der Waals surface area (Å²) in [6.45, 7) is 1.80. The van der Waals surface area contributed by atoms with Crippen LogP contribution in [-0.4, -0.2) is 34.0 Å². The average molecular weight is 451 g/mol. The first-order chi connectivity index (χ1) is 15.3. The summed E-state index contributed by atoms with van der Waals surface area (Å²) in [7, 11) is 1.46. The van der Waals surface area contributed by atoms with Gasteiger partial charge in [0.05, 0.1) is 29.4 Å². The SMILES string of the molecule is COc1ccc(Cl)c(/C(O)=C2\C(=O)C(=O)N(c3cc(C)ccc3O)C2c2cccnc2)c1. The van der Waals surface area contributed by atoms with E-state index in [4.69, 9.17) is 16.3 Å². The number of benzene rings is 2. The second-order valence-corrected chi connectivity index (χ2v) is 7.70. The molecule has 7 nitrogen and oxygen atoms in total. The fourth-order valence-electron chi connectivity index (χ4n) is 3.72. The van der Waals surface area contributed by atoms with Crippen LogP contribution in [0, 0.1) is 6.92 Å². The molecular formula is C24H19ClN2O5. The molecule has 0 spiro atoms. The molecule has 8 heteroatoms. The lowest BCUT2D eigenvalue weighted by atomic mass is 9.96. The molecule has 2 heterocycles. The molecule has 0 saturated carbocycles. The zero-order valence-corrected chi connectivity index (χ0v) is 18.0. The normalized spacial score (nSPS) is 17.6. The van der Waals surface area contributed by atoms with Crippen LogP contribution in [0.25, 0.3) is 5.76 Å². The van der Waals surface area contributed by atoms with Crippen LogP contribution in [0.5, 0.6) is 11.5 Å². The van der Waals surface area contributed by atoms with E-state index in [1.807, 2.05) is 0 Å². The Morgan fingerprint density at radius 1 is 1.16 bits per heavy atom. The lowest BCUT2D eigenvalue weighted by Crippen LogP contribution is -2.29. The molecule has 1 saturated heterocycles. The van der Waals surface area contributed by atoms with Crippen LogP contribution >= 0.6 is 11.6 Å². The van der Waals surface area contributed by atoms with E-state index in [1.165, 1.54) is 36.4 Å². The largest absolute Gasteiger partial charge is 0.507 e. The summed E-state index contributed by atoms with van der Waals surface area (Å²) in [4.78, 5) is 31.6. The van der Waals surface area contributed by atoms with E-state index in [0.717, 1.165) is 5.56 Å². The highest BCUT2D eigenvalue weighted by molar-refractivity contribution is 6.52. The Bertz CT molecular complexity index is 1260. The molecule has 1 fully saturated rings. The Hall–Kier alpha value is -3.84. The molecule has 2 aromatic carbocycles. The number of Topliss-reactive ketones (excluding diaryl/α,β-unsaturated/α-hetero) is 1. The van der Waals surface area contributed by atoms with E-state index < -0.39 is 23.5 Å². The number of phenols is 1. The topological polar surface area (TPSA) is 100.0 Å². The maximum Gasteiger partial charge on any atom is 0.300 e. The number of hydrogen-bond donors (Lipinski definition) is 2. The number of phenolic OH excluding ortho intramolecular Hbond substituents is 1. The van der Waals surface area contributed by atoms with Gasteiger partial charge in [0.25, 0.3) is 11.7 Å². The fourth-order valence-corrected chi connectivity index (χ4v) is 3.93. The molecule has 4 rings (SSSR count). The van der Waals surface area contributed by atoms with Crippen LogP contribution in [0.1, 0.15) is 22.7 Å². The summed E-state index contributed by atoms with van der Waals surface area (Å²) < 4.78 is 5.20. The highest BCUT2D eigenvalue weighted by atomic mass is 35.5. The van der Waals surface area contributed by atoms with Gasteiger partial charge in [-0.05, 0) is 54.4 Å². The third-order valence-corrected chi connectivity index (χ3v) is 5.59. The van der Waals surface area contributed by atoms with E-state index in [-0.39, 0.29) is 27.6 Å². The number of pyridine rings is 1. The number of hydrogen-bond acceptors (Lipinski definition) is 6. The maximum atomic E-state index is 13.2. The van der Waals surface area contributed by atoms with Gasteiger partial charge in [0, 0.05) is 18.0 Å². The summed E-state index contributed by atoms with van der Waals surface area (Å²) in [5.41, 5.74) is 1.39. The van der Waals surface area contributed by atoms with Gasteiger partial charge in [-0.2, -0.15) is 0 Å². The predicted octanol–water partition coefficient (Wildman–Crippen LogP) is 4.38. The highest BCUT2D eigenvalue weighted by Crippen LogP contribution is 2.45. The number of ketones is 1. The Balaban J connectivity index is 2.00. The number of aliphatic hydroxyl groups excluding tert-OH is 1. The molecule has 1 unspecified atom stereocenters. The van der Waals surface area contributed by atoms with Crippen molar-refractivity contribution in [1.29, 1.82) is 0 Å². The predicted molar refractivity (Wildman–Crippen MR) is 120 cm³/mol. The number of methoxy groups -OCH3 is 1. The third kappa shape index (κ3) is 3.56. The van der Waals surface area contributed by atoms with Crippen LogP contribution in [0.3, 0.4) is 0 Å². The first-order valence-corrected chi connectivity index (χ1v) is 10.1. The molecule has 1 atom stereocenters. The molecule has 1 aromatic heterocycles. The van der Waals surface area contributed by atoms with Crippen LogP contribution in [0.4, 0.5) is 5.69 Å². The second kappa shape index (κ2) is 8.36. The van der Waals surface area contributed by atoms with Crippen LogP contribution < -0.4 is 9.64 Å². The summed E-state index contributed by atoms with van der Waals surface area (Å²) in [6.07, 6.45) is 3.05. The average Bonchev–Trinajstić information content (AvgIpc) is 3.06. The maximum absolute atomic E-state index is 13.2. The number of ether oxygens (including phenoxy) is 1. The number of carbonyl (C=O) groups is 2. The van der Waals surface area contributed by atoms with Gasteiger partial charge >= 0.3 is 0 Å². The smallest absolute Gasteiger partial charge is 0.300 e. The van der Waals surface area contributed by atoms with Gasteiger partial charge in [-0.3, -0.25) is 19.5 Å². The molecule has 32 heavy (non-hydrogen) atoms. The van der Waals surface area contributed by atoms with Crippen molar-refractivity contribution in [3.8, 4) is 11.5 Å². The minimum atomic E-state index is -1.03. The molecule has 3 aromatic rings. The number of aryl methyl sites for hydroxylation is 1. The van der Waals surface area contributed by atoms with Crippen LogP contribution in [-0.2, 0) is 9.59 Å². The van der Waals surface area contributed by atoms with Crippen molar-refractivity contribution in [2.75, 3.05) is 12.0 Å². The number of anilines is 1. The fraction of sp³-hybridized carbons (Fsp3) is 0.125. The third-order valence-electron chi connectivity index (χ3n) is 5.26. The molecule has 0 aliphatic carbocycles. The van der Waals surface area contributed by atoms with Crippen LogP contribution in [0.15, 0.2) is 66.5 Å². The minimum Gasteiger partial charge on any atom is -0.507 e. The van der Waals surface area contributed by atoms with E-state index in [9.17, 15) is 19.8 Å². The zero-order chi connectivity index (χ0) is 23.0. The number of aliphatic hydroxyl groups is 1. The minimum absolute atomic E-state index is 0.145. The van der Waals surface area contributed by atoms with Gasteiger partial charge in [0.15, 0.2) is 0 Å². The van der Waals surface area contributed by atoms with Crippen molar-refractivity contribution >= 4 is 34.7 Å². The van der Waals surface area contributed by atoms with Crippen molar-refractivity contribution in [3.63, 3.8) is 0 Å². The van der Waals surface area contributed by atoms with E-state index in [0.29, 0.717) is 11.3 Å². The lowest BCUT2D eigenvalue weighted by Gasteiger charge is -2.26. The number of halogens is 1. The number of rotatable bonds is 4. The van der Waals surface area contributed by atoms with Gasteiger partial charge < -0.3 is 14.9 Å². The summed E-state index contributed by atoms with van der Waals surface area (Å²) >= 11 is 6.29. The zero-order valence-electron chi connectivity index (χ0n) is 17.2. The first-order valence-electron chi connectivity index (χ1n) is 9.68. The van der Waals surface area contributed by atoms with Gasteiger partial charge in [0.1, 0.15) is 17.3 Å². The number of aromatic nitrogens is 1. The highest BCUT2D eigenvalue weighted by Gasteiger charge is 2.48. The van der Waals surface area contributed by atoms with Crippen molar-refractivity contribution in [2.24, 2.45) is 0 Å². The first kappa shape index (κ1) is 21.4. The van der Waals surface area contributed by atoms with Crippen molar-refractivity contribution in [3.05, 3.63) is 88.2 Å². The van der Waals surface area contributed by atoms with Crippen molar-refractivity contribution in [1.82, 2.24) is 4.98 Å². The standard InChI is InChI=1S/C24H19ClN2O5/c1-13-5-8-19(28)18(10-13)27-21(14-4-3-9-26-12-14)20(23(30)24(27)31)22(29)16-11-15(32-2)6-7-17(16)25/h3-12,21,28-29H,1-2H3/b22-20+.